The normalized spacial score (nSPS) is 12.0. The van der Waals surface area contributed by atoms with Crippen LogP contribution in [-0.2, 0) is 6.54 Å². The highest BCUT2D eigenvalue weighted by Gasteiger charge is 2.15. The van der Waals surface area contributed by atoms with Gasteiger partial charge in [0, 0.05) is 17.6 Å². The Labute approximate surface area is 139 Å². The van der Waals surface area contributed by atoms with Crippen molar-refractivity contribution in [2.75, 3.05) is 0 Å². The third kappa shape index (κ3) is 3.32. The van der Waals surface area contributed by atoms with Crippen molar-refractivity contribution in [3.05, 3.63) is 70.9 Å². The molecule has 2 aromatic heterocycles. The van der Waals surface area contributed by atoms with Crippen molar-refractivity contribution in [1.29, 1.82) is 0 Å². The van der Waals surface area contributed by atoms with E-state index >= 15 is 0 Å². The second-order valence-electron chi connectivity index (χ2n) is 5.51. The van der Waals surface area contributed by atoms with Gasteiger partial charge in [-0.3, -0.25) is 14.6 Å². The van der Waals surface area contributed by atoms with E-state index in [9.17, 15) is 9.59 Å². The molecule has 3 aromatic rings. The van der Waals surface area contributed by atoms with Crippen molar-refractivity contribution in [3.8, 4) is 0 Å². The fourth-order valence-corrected chi connectivity index (χ4v) is 2.50. The second kappa shape index (κ2) is 7.04. The standard InChI is InChI=1S/C18H18N4O2/c1-2-14(21-17(23)16-9-5-6-10-19-16)12-22-18(24)15-8-4-3-7-13(15)11-20-22/h3-11,14H,2,12H2,1H3,(H,21,23)/t14-/m1/s1. The Kier molecular flexibility index (Phi) is 4.65. The molecular weight excluding hydrogens is 304 g/mol. The zero-order valence-corrected chi connectivity index (χ0v) is 13.3. The van der Waals surface area contributed by atoms with Gasteiger partial charge in [-0.05, 0) is 24.6 Å². The third-order valence-electron chi connectivity index (χ3n) is 3.88. The van der Waals surface area contributed by atoms with E-state index in [1.807, 2.05) is 25.1 Å². The molecule has 1 amide bonds. The number of pyridine rings is 1. The Balaban J connectivity index is 1.80. The maximum Gasteiger partial charge on any atom is 0.274 e. The molecule has 0 saturated carbocycles. The van der Waals surface area contributed by atoms with Gasteiger partial charge in [-0.1, -0.05) is 31.2 Å². The molecule has 3 rings (SSSR count). The molecule has 0 aliphatic carbocycles. The molecule has 1 N–H and O–H groups in total. The van der Waals surface area contributed by atoms with Gasteiger partial charge in [0.25, 0.3) is 11.5 Å². The maximum atomic E-state index is 12.5. The van der Waals surface area contributed by atoms with Crippen LogP contribution in [0.5, 0.6) is 0 Å². The summed E-state index contributed by atoms with van der Waals surface area (Å²) < 4.78 is 1.40. The number of aromatic nitrogens is 3. The summed E-state index contributed by atoms with van der Waals surface area (Å²) in [5.74, 6) is -0.253. The number of amides is 1. The minimum absolute atomic E-state index is 0.154. The van der Waals surface area contributed by atoms with Crippen molar-refractivity contribution in [2.45, 2.75) is 25.9 Å². The van der Waals surface area contributed by atoms with Crippen molar-refractivity contribution >= 4 is 16.7 Å². The Morgan fingerprint density at radius 1 is 1.21 bits per heavy atom. The highest BCUT2D eigenvalue weighted by molar-refractivity contribution is 5.92. The highest BCUT2D eigenvalue weighted by atomic mass is 16.2. The predicted octanol–water partition coefficient (Wildman–Crippen LogP) is 2.00. The smallest absolute Gasteiger partial charge is 0.274 e. The fraction of sp³-hybridized carbons (Fsp3) is 0.222. The van der Waals surface area contributed by atoms with Gasteiger partial charge < -0.3 is 5.32 Å². The second-order valence-corrected chi connectivity index (χ2v) is 5.51. The number of fused-ring (bicyclic) bond motifs is 1. The minimum atomic E-state index is -0.253. The molecule has 122 valence electrons. The van der Waals surface area contributed by atoms with E-state index in [-0.39, 0.29) is 17.5 Å². The summed E-state index contributed by atoms with van der Waals surface area (Å²) in [4.78, 5) is 28.8. The SMILES string of the molecule is CC[C@H](Cn1ncc2ccccc2c1=O)NC(=O)c1ccccn1. The number of hydrogen-bond acceptors (Lipinski definition) is 4. The Bertz CT molecular complexity index is 906. The number of carbonyl (C=O) groups excluding carboxylic acids is 1. The van der Waals surface area contributed by atoms with Gasteiger partial charge >= 0.3 is 0 Å². The summed E-state index contributed by atoms with van der Waals surface area (Å²) >= 11 is 0. The van der Waals surface area contributed by atoms with Crippen LogP contribution < -0.4 is 10.9 Å². The van der Waals surface area contributed by atoms with E-state index in [4.69, 9.17) is 0 Å². The average molecular weight is 322 g/mol. The number of carbonyl (C=O) groups is 1. The lowest BCUT2D eigenvalue weighted by Crippen LogP contribution is -2.40. The van der Waals surface area contributed by atoms with Crippen molar-refractivity contribution < 1.29 is 4.79 Å². The Morgan fingerprint density at radius 3 is 2.75 bits per heavy atom. The quantitative estimate of drug-likeness (QED) is 0.779. The molecule has 24 heavy (non-hydrogen) atoms. The summed E-state index contributed by atoms with van der Waals surface area (Å²) in [6.07, 6.45) is 3.93. The van der Waals surface area contributed by atoms with Crippen LogP contribution in [-0.4, -0.2) is 26.7 Å². The van der Waals surface area contributed by atoms with Gasteiger partial charge in [-0.25, -0.2) is 4.68 Å². The molecule has 0 aliphatic rings. The number of nitrogens with zero attached hydrogens (tertiary/aromatic N) is 3. The largest absolute Gasteiger partial charge is 0.346 e. The Hall–Kier alpha value is -3.02. The lowest BCUT2D eigenvalue weighted by Gasteiger charge is -2.17. The van der Waals surface area contributed by atoms with Crippen LogP contribution in [0, 0.1) is 0 Å². The number of benzene rings is 1. The number of hydrogen-bond donors (Lipinski definition) is 1. The van der Waals surface area contributed by atoms with Crippen molar-refractivity contribution in [1.82, 2.24) is 20.1 Å². The van der Waals surface area contributed by atoms with Crippen molar-refractivity contribution in [3.63, 3.8) is 0 Å². The first-order chi connectivity index (χ1) is 11.7. The first-order valence-corrected chi connectivity index (χ1v) is 7.86. The van der Waals surface area contributed by atoms with Crippen LogP contribution in [0.15, 0.2) is 59.7 Å². The lowest BCUT2D eigenvalue weighted by atomic mass is 10.2. The van der Waals surface area contributed by atoms with Gasteiger partial charge in [0.05, 0.1) is 18.1 Å². The maximum absolute atomic E-state index is 12.5. The molecule has 0 aliphatic heterocycles. The molecule has 0 fully saturated rings. The molecular formula is C18H18N4O2. The van der Waals surface area contributed by atoms with E-state index < -0.39 is 0 Å². The van der Waals surface area contributed by atoms with Gasteiger partial charge in [0.2, 0.25) is 0 Å². The van der Waals surface area contributed by atoms with Crippen LogP contribution in [0.2, 0.25) is 0 Å². The first-order valence-electron chi connectivity index (χ1n) is 7.86. The van der Waals surface area contributed by atoms with Crippen molar-refractivity contribution in [2.24, 2.45) is 0 Å². The van der Waals surface area contributed by atoms with E-state index in [1.165, 1.54) is 4.68 Å². The number of nitrogens with one attached hydrogen (secondary N) is 1. The molecule has 1 aromatic carbocycles. The fourth-order valence-electron chi connectivity index (χ4n) is 2.50. The monoisotopic (exact) mass is 322 g/mol. The van der Waals surface area contributed by atoms with Crippen LogP contribution in [0.25, 0.3) is 10.8 Å². The molecule has 6 nitrogen and oxygen atoms in total. The molecule has 0 saturated heterocycles. The van der Waals surface area contributed by atoms with Gasteiger partial charge in [0.1, 0.15) is 5.69 Å². The molecule has 0 radical (unpaired) electrons. The van der Waals surface area contributed by atoms with Crippen LogP contribution in [0.3, 0.4) is 0 Å². The van der Waals surface area contributed by atoms with Crippen LogP contribution >= 0.6 is 0 Å². The molecule has 0 bridgehead atoms. The van der Waals surface area contributed by atoms with Crippen LogP contribution in [0.4, 0.5) is 0 Å². The molecule has 0 unspecified atom stereocenters. The summed E-state index contributed by atoms with van der Waals surface area (Å²) in [5.41, 5.74) is 0.202. The summed E-state index contributed by atoms with van der Waals surface area (Å²) in [6, 6.07) is 12.3. The van der Waals surface area contributed by atoms with Gasteiger partial charge in [-0.2, -0.15) is 5.10 Å². The van der Waals surface area contributed by atoms with E-state index in [2.05, 4.69) is 15.4 Å². The van der Waals surface area contributed by atoms with E-state index in [1.54, 1.807) is 36.7 Å². The summed E-state index contributed by atoms with van der Waals surface area (Å²) in [5, 5.41) is 8.55. The summed E-state index contributed by atoms with van der Waals surface area (Å²) in [7, 11) is 0. The molecule has 6 heteroatoms. The topological polar surface area (TPSA) is 76.9 Å². The zero-order chi connectivity index (χ0) is 16.9. The minimum Gasteiger partial charge on any atom is -0.346 e. The highest BCUT2D eigenvalue weighted by Crippen LogP contribution is 2.07. The van der Waals surface area contributed by atoms with E-state index in [0.717, 1.165) is 5.39 Å². The molecule has 0 spiro atoms. The third-order valence-corrected chi connectivity index (χ3v) is 3.88. The first kappa shape index (κ1) is 15.9. The average Bonchev–Trinajstić information content (AvgIpc) is 2.64. The van der Waals surface area contributed by atoms with Gasteiger partial charge in [-0.15, -0.1) is 0 Å². The number of rotatable bonds is 5. The predicted molar refractivity (Wildman–Crippen MR) is 91.8 cm³/mol. The lowest BCUT2D eigenvalue weighted by molar-refractivity contribution is 0.0925. The Morgan fingerprint density at radius 2 is 2.00 bits per heavy atom. The zero-order valence-electron chi connectivity index (χ0n) is 13.3. The summed E-state index contributed by atoms with van der Waals surface area (Å²) in [6.45, 7) is 2.27. The van der Waals surface area contributed by atoms with Crippen LogP contribution in [0.1, 0.15) is 23.8 Å². The van der Waals surface area contributed by atoms with Gasteiger partial charge in [0.15, 0.2) is 0 Å². The van der Waals surface area contributed by atoms with E-state index in [0.29, 0.717) is 24.0 Å². The molecule has 2 heterocycles. The molecule has 1 atom stereocenters.